The second-order valence-corrected chi connectivity index (χ2v) is 6.21. The lowest BCUT2D eigenvalue weighted by molar-refractivity contribution is 0.174. The van der Waals surface area contributed by atoms with E-state index in [0.717, 1.165) is 29.9 Å². The summed E-state index contributed by atoms with van der Waals surface area (Å²) in [4.78, 5) is 0. The molecule has 1 unspecified atom stereocenters. The number of hydrogen-bond donors (Lipinski definition) is 2. The molecule has 5 heteroatoms. The molecule has 0 saturated carbocycles. The lowest BCUT2D eigenvalue weighted by Crippen LogP contribution is -2.36. The Morgan fingerprint density at radius 1 is 1.13 bits per heavy atom. The van der Waals surface area contributed by atoms with Crippen LogP contribution in [-0.2, 0) is 13.0 Å². The molecule has 0 radical (unpaired) electrons. The van der Waals surface area contributed by atoms with Gasteiger partial charge >= 0.3 is 0 Å². The van der Waals surface area contributed by atoms with Crippen LogP contribution in [0.2, 0.25) is 0 Å². The highest BCUT2D eigenvalue weighted by Crippen LogP contribution is 2.32. The summed E-state index contributed by atoms with van der Waals surface area (Å²) < 4.78 is 10.7. The van der Waals surface area contributed by atoms with Gasteiger partial charge in [0.25, 0.3) is 0 Å². The monoisotopic (exact) mass is 326 g/mol. The zero-order valence-electron chi connectivity index (χ0n) is 12.7. The van der Waals surface area contributed by atoms with Gasteiger partial charge in [0.2, 0.25) is 6.79 Å². The van der Waals surface area contributed by atoms with E-state index in [2.05, 4.69) is 34.9 Å². The highest BCUT2D eigenvalue weighted by molar-refractivity contribution is 7.80. The molecule has 2 N–H and O–H groups in total. The molecule has 118 valence electrons. The molecule has 0 bridgehead atoms. The predicted octanol–water partition coefficient (Wildman–Crippen LogP) is 3.07. The number of rotatable bonds is 3. The molecule has 4 rings (SSSR count). The molecule has 0 amide bonds. The van der Waals surface area contributed by atoms with Crippen LogP contribution in [0.3, 0.4) is 0 Å². The van der Waals surface area contributed by atoms with E-state index < -0.39 is 0 Å². The van der Waals surface area contributed by atoms with Crippen molar-refractivity contribution in [1.82, 2.24) is 10.6 Å². The quantitative estimate of drug-likeness (QED) is 0.849. The van der Waals surface area contributed by atoms with Crippen molar-refractivity contribution in [2.75, 3.05) is 6.79 Å². The Balaban J connectivity index is 1.34. The predicted molar refractivity (Wildman–Crippen MR) is 92.6 cm³/mol. The van der Waals surface area contributed by atoms with Crippen LogP contribution in [0.1, 0.15) is 29.2 Å². The van der Waals surface area contributed by atoms with E-state index in [0.29, 0.717) is 24.5 Å². The Hall–Kier alpha value is -2.27. The third-order valence-corrected chi connectivity index (χ3v) is 4.59. The molecule has 2 aliphatic rings. The maximum atomic E-state index is 5.44. The molecule has 0 aromatic heterocycles. The molecule has 1 atom stereocenters. The van der Waals surface area contributed by atoms with E-state index in [1.165, 1.54) is 11.1 Å². The Labute approximate surface area is 140 Å². The van der Waals surface area contributed by atoms with Gasteiger partial charge in [0.05, 0.1) is 6.04 Å². The smallest absolute Gasteiger partial charge is 0.231 e. The summed E-state index contributed by atoms with van der Waals surface area (Å²) in [6, 6.07) is 14.8. The standard InChI is InChI=1S/C18H18N2O2S/c23-18(20-15-7-6-13-3-1-2-4-14(13)15)19-10-12-5-8-16-17(9-12)22-11-21-16/h1-5,8-9,15H,6-7,10-11H2,(H2,19,20,23). The van der Waals surface area contributed by atoms with Crippen LogP contribution in [0, 0.1) is 0 Å². The number of ether oxygens (including phenoxy) is 2. The first-order valence-electron chi connectivity index (χ1n) is 7.80. The lowest BCUT2D eigenvalue weighted by Gasteiger charge is -2.17. The molecule has 2 aromatic carbocycles. The maximum absolute atomic E-state index is 5.44. The van der Waals surface area contributed by atoms with Crippen molar-refractivity contribution in [2.24, 2.45) is 0 Å². The van der Waals surface area contributed by atoms with E-state index in [1.807, 2.05) is 18.2 Å². The fourth-order valence-electron chi connectivity index (χ4n) is 3.15. The number of aryl methyl sites for hydroxylation is 1. The second-order valence-electron chi connectivity index (χ2n) is 5.80. The lowest BCUT2D eigenvalue weighted by atomic mass is 10.1. The molecule has 0 saturated heterocycles. The van der Waals surface area contributed by atoms with Gasteiger partial charge in [-0.05, 0) is 53.9 Å². The molecule has 4 nitrogen and oxygen atoms in total. The minimum atomic E-state index is 0.299. The summed E-state index contributed by atoms with van der Waals surface area (Å²) in [5.74, 6) is 1.60. The van der Waals surface area contributed by atoms with E-state index in [-0.39, 0.29) is 0 Å². The molecule has 2 aromatic rings. The number of nitrogens with one attached hydrogen (secondary N) is 2. The van der Waals surface area contributed by atoms with Crippen LogP contribution >= 0.6 is 12.2 Å². The molecule has 1 aliphatic heterocycles. The van der Waals surface area contributed by atoms with Crippen molar-refractivity contribution in [1.29, 1.82) is 0 Å². The van der Waals surface area contributed by atoms with Gasteiger partial charge in [-0.3, -0.25) is 0 Å². The summed E-state index contributed by atoms with van der Waals surface area (Å²) in [7, 11) is 0. The number of benzene rings is 2. The number of hydrogen-bond acceptors (Lipinski definition) is 3. The normalized spacial score (nSPS) is 17.7. The van der Waals surface area contributed by atoms with Gasteiger partial charge in [0.1, 0.15) is 0 Å². The van der Waals surface area contributed by atoms with Crippen LogP contribution in [0.4, 0.5) is 0 Å². The molecular formula is C18H18N2O2S. The molecular weight excluding hydrogens is 308 g/mol. The third-order valence-electron chi connectivity index (χ3n) is 4.33. The minimum absolute atomic E-state index is 0.299. The number of thiocarbonyl (C=S) groups is 1. The largest absolute Gasteiger partial charge is 0.454 e. The van der Waals surface area contributed by atoms with Gasteiger partial charge in [0, 0.05) is 6.54 Å². The summed E-state index contributed by atoms with van der Waals surface area (Å²) in [5, 5.41) is 7.38. The average Bonchev–Trinajstić information content (AvgIpc) is 3.20. The molecule has 1 heterocycles. The second kappa shape index (κ2) is 6.08. The van der Waals surface area contributed by atoms with Gasteiger partial charge in [-0.2, -0.15) is 0 Å². The Kier molecular flexibility index (Phi) is 3.79. The fourth-order valence-corrected chi connectivity index (χ4v) is 3.36. The topological polar surface area (TPSA) is 42.5 Å². The first-order valence-corrected chi connectivity index (χ1v) is 8.21. The van der Waals surface area contributed by atoms with Crippen molar-refractivity contribution in [3.8, 4) is 11.5 Å². The Morgan fingerprint density at radius 3 is 2.96 bits per heavy atom. The third kappa shape index (κ3) is 2.97. The van der Waals surface area contributed by atoms with E-state index in [4.69, 9.17) is 21.7 Å². The number of fused-ring (bicyclic) bond motifs is 2. The Morgan fingerprint density at radius 2 is 2.00 bits per heavy atom. The minimum Gasteiger partial charge on any atom is -0.454 e. The Bertz CT molecular complexity index is 748. The van der Waals surface area contributed by atoms with Gasteiger partial charge < -0.3 is 20.1 Å². The van der Waals surface area contributed by atoms with Crippen LogP contribution in [0.15, 0.2) is 42.5 Å². The summed E-state index contributed by atoms with van der Waals surface area (Å²) in [6.07, 6.45) is 2.20. The summed E-state index contributed by atoms with van der Waals surface area (Å²) >= 11 is 5.44. The first-order chi connectivity index (χ1) is 11.3. The van der Waals surface area contributed by atoms with Crippen molar-refractivity contribution in [3.63, 3.8) is 0 Å². The van der Waals surface area contributed by atoms with Gasteiger partial charge in [0.15, 0.2) is 16.6 Å². The average molecular weight is 326 g/mol. The van der Waals surface area contributed by atoms with Crippen LogP contribution in [-0.4, -0.2) is 11.9 Å². The molecule has 23 heavy (non-hydrogen) atoms. The highest BCUT2D eigenvalue weighted by atomic mass is 32.1. The van der Waals surface area contributed by atoms with Gasteiger partial charge in [-0.25, -0.2) is 0 Å². The van der Waals surface area contributed by atoms with E-state index in [1.54, 1.807) is 0 Å². The van der Waals surface area contributed by atoms with Crippen molar-refractivity contribution in [2.45, 2.75) is 25.4 Å². The van der Waals surface area contributed by atoms with Gasteiger partial charge in [-0.1, -0.05) is 30.3 Å². The van der Waals surface area contributed by atoms with Crippen LogP contribution in [0.5, 0.6) is 11.5 Å². The maximum Gasteiger partial charge on any atom is 0.231 e. The van der Waals surface area contributed by atoms with Crippen molar-refractivity contribution >= 4 is 17.3 Å². The summed E-state index contributed by atoms with van der Waals surface area (Å²) in [5.41, 5.74) is 3.90. The SMILES string of the molecule is S=C(NCc1ccc2c(c1)OCO2)NC1CCc2ccccc21. The van der Waals surface area contributed by atoms with Crippen LogP contribution in [0.25, 0.3) is 0 Å². The van der Waals surface area contributed by atoms with Gasteiger partial charge in [-0.15, -0.1) is 0 Å². The zero-order valence-corrected chi connectivity index (χ0v) is 13.5. The van der Waals surface area contributed by atoms with Crippen molar-refractivity contribution < 1.29 is 9.47 Å². The molecule has 1 aliphatic carbocycles. The van der Waals surface area contributed by atoms with Crippen LogP contribution < -0.4 is 20.1 Å². The molecule has 0 spiro atoms. The van der Waals surface area contributed by atoms with Crippen molar-refractivity contribution in [3.05, 3.63) is 59.2 Å². The molecule has 0 fully saturated rings. The van der Waals surface area contributed by atoms with E-state index in [9.17, 15) is 0 Å². The fraction of sp³-hybridized carbons (Fsp3) is 0.278. The van der Waals surface area contributed by atoms with E-state index >= 15 is 0 Å². The summed E-state index contributed by atoms with van der Waals surface area (Å²) in [6.45, 7) is 0.962. The first kappa shape index (κ1) is 14.3. The highest BCUT2D eigenvalue weighted by Gasteiger charge is 2.22. The zero-order chi connectivity index (χ0) is 15.6.